The molecule has 1 heterocycles. The lowest BCUT2D eigenvalue weighted by Gasteiger charge is -2.33. The molecule has 0 aromatic rings. The Morgan fingerprint density at radius 1 is 1.24 bits per heavy atom. The molecule has 1 aliphatic carbocycles. The van der Waals surface area contributed by atoms with Crippen LogP contribution in [0, 0.1) is 0 Å². The van der Waals surface area contributed by atoms with Gasteiger partial charge in [-0.2, -0.15) is 0 Å². The highest BCUT2D eigenvalue weighted by atomic mass is 16.5. The summed E-state index contributed by atoms with van der Waals surface area (Å²) in [5.41, 5.74) is 0. The number of hydrogen-bond donors (Lipinski definition) is 1. The molecule has 0 bridgehead atoms. The van der Waals surface area contributed by atoms with Gasteiger partial charge in [0.25, 0.3) is 0 Å². The summed E-state index contributed by atoms with van der Waals surface area (Å²) in [6.45, 7) is 5.25. The van der Waals surface area contributed by atoms with Crippen LogP contribution in [0.4, 0.5) is 0 Å². The molecular weight excluding hydrogens is 216 g/mol. The maximum Gasteiger partial charge on any atom is 0.237 e. The zero-order valence-electron chi connectivity index (χ0n) is 10.8. The molecule has 98 valence electrons. The van der Waals surface area contributed by atoms with E-state index < -0.39 is 0 Å². The highest BCUT2D eigenvalue weighted by Crippen LogP contribution is 2.17. The zero-order chi connectivity index (χ0) is 12.1. The van der Waals surface area contributed by atoms with Gasteiger partial charge in [-0.25, -0.2) is 0 Å². The quantitative estimate of drug-likeness (QED) is 0.805. The van der Waals surface area contributed by atoms with Crippen molar-refractivity contribution in [3.8, 4) is 0 Å². The molecule has 2 aliphatic rings. The van der Waals surface area contributed by atoms with Gasteiger partial charge in [-0.1, -0.05) is 19.3 Å². The Hall–Kier alpha value is -0.610. The van der Waals surface area contributed by atoms with Gasteiger partial charge in [-0.3, -0.25) is 9.69 Å². The zero-order valence-corrected chi connectivity index (χ0v) is 10.8. The van der Waals surface area contributed by atoms with Crippen molar-refractivity contribution in [2.24, 2.45) is 0 Å². The molecule has 1 N–H and O–H groups in total. The van der Waals surface area contributed by atoms with Gasteiger partial charge in [0.05, 0.1) is 19.3 Å². The Bertz CT molecular complexity index is 246. The first-order valence-electron chi connectivity index (χ1n) is 6.89. The SMILES string of the molecule is C[C@@H](C(=O)NC1CCCCC1)N1CCOCC1. The third-order valence-corrected chi connectivity index (χ3v) is 3.92. The maximum atomic E-state index is 12.1. The fraction of sp³-hybridized carbons (Fsp3) is 0.923. The molecule has 0 aromatic heterocycles. The van der Waals surface area contributed by atoms with Crippen molar-refractivity contribution in [1.82, 2.24) is 10.2 Å². The number of ether oxygens (including phenoxy) is 1. The Kier molecular flexibility index (Phi) is 4.80. The van der Waals surface area contributed by atoms with Crippen molar-refractivity contribution in [3.63, 3.8) is 0 Å². The van der Waals surface area contributed by atoms with Crippen molar-refractivity contribution in [1.29, 1.82) is 0 Å². The summed E-state index contributed by atoms with van der Waals surface area (Å²) in [7, 11) is 0. The highest BCUT2D eigenvalue weighted by molar-refractivity contribution is 5.81. The van der Waals surface area contributed by atoms with Crippen LogP contribution in [0.1, 0.15) is 39.0 Å². The topological polar surface area (TPSA) is 41.6 Å². The van der Waals surface area contributed by atoms with E-state index >= 15 is 0 Å². The Labute approximate surface area is 104 Å². The first-order valence-corrected chi connectivity index (χ1v) is 6.89. The van der Waals surface area contributed by atoms with Crippen LogP contribution in [0.25, 0.3) is 0 Å². The van der Waals surface area contributed by atoms with E-state index in [0.29, 0.717) is 6.04 Å². The van der Waals surface area contributed by atoms with Crippen LogP contribution in [0.15, 0.2) is 0 Å². The second-order valence-corrected chi connectivity index (χ2v) is 5.17. The highest BCUT2D eigenvalue weighted by Gasteiger charge is 2.25. The maximum absolute atomic E-state index is 12.1. The number of carbonyl (C=O) groups excluding carboxylic acids is 1. The van der Waals surface area contributed by atoms with Gasteiger partial charge in [0.2, 0.25) is 5.91 Å². The van der Waals surface area contributed by atoms with Gasteiger partial charge in [-0.15, -0.1) is 0 Å². The summed E-state index contributed by atoms with van der Waals surface area (Å²) in [5.74, 6) is 0.193. The lowest BCUT2D eigenvalue weighted by Crippen LogP contribution is -2.51. The second-order valence-electron chi connectivity index (χ2n) is 5.17. The Balaban J connectivity index is 1.77. The molecule has 0 spiro atoms. The fourth-order valence-corrected chi connectivity index (χ4v) is 2.70. The first-order chi connectivity index (χ1) is 8.27. The van der Waals surface area contributed by atoms with Crippen LogP contribution in [-0.4, -0.2) is 49.2 Å². The monoisotopic (exact) mass is 240 g/mol. The van der Waals surface area contributed by atoms with Gasteiger partial charge < -0.3 is 10.1 Å². The normalized spacial score (nSPS) is 25.5. The summed E-state index contributed by atoms with van der Waals surface area (Å²) in [5, 5.41) is 3.19. The summed E-state index contributed by atoms with van der Waals surface area (Å²) in [6.07, 6.45) is 6.16. The number of morpholine rings is 1. The average molecular weight is 240 g/mol. The molecule has 0 aromatic carbocycles. The van der Waals surface area contributed by atoms with Gasteiger partial charge in [0.1, 0.15) is 0 Å². The van der Waals surface area contributed by atoms with Gasteiger partial charge in [0, 0.05) is 19.1 Å². The van der Waals surface area contributed by atoms with E-state index in [1.165, 1.54) is 19.3 Å². The predicted molar refractivity (Wildman–Crippen MR) is 66.9 cm³/mol. The molecule has 1 aliphatic heterocycles. The lowest BCUT2D eigenvalue weighted by molar-refractivity contribution is -0.128. The molecule has 0 unspecified atom stereocenters. The predicted octanol–water partition coefficient (Wildman–Crippen LogP) is 1.16. The number of carbonyl (C=O) groups is 1. The standard InChI is InChI=1S/C13H24N2O2/c1-11(15-7-9-17-10-8-15)13(16)14-12-5-3-2-4-6-12/h11-12H,2-10H2,1H3,(H,14,16)/t11-/m0/s1. The molecular formula is C13H24N2O2. The molecule has 0 radical (unpaired) electrons. The largest absolute Gasteiger partial charge is 0.379 e. The molecule has 1 atom stereocenters. The van der Waals surface area contributed by atoms with Crippen LogP contribution in [-0.2, 0) is 9.53 Å². The fourth-order valence-electron chi connectivity index (χ4n) is 2.70. The van der Waals surface area contributed by atoms with E-state index in [4.69, 9.17) is 4.74 Å². The third-order valence-electron chi connectivity index (χ3n) is 3.92. The summed E-state index contributed by atoms with van der Waals surface area (Å²) < 4.78 is 5.31. The van der Waals surface area contributed by atoms with Crippen LogP contribution < -0.4 is 5.32 Å². The smallest absolute Gasteiger partial charge is 0.237 e. The minimum Gasteiger partial charge on any atom is -0.379 e. The van der Waals surface area contributed by atoms with E-state index in [1.807, 2.05) is 6.92 Å². The van der Waals surface area contributed by atoms with Gasteiger partial charge >= 0.3 is 0 Å². The lowest BCUT2D eigenvalue weighted by atomic mass is 9.95. The van der Waals surface area contributed by atoms with Crippen LogP contribution in [0.5, 0.6) is 0 Å². The number of nitrogens with zero attached hydrogens (tertiary/aromatic N) is 1. The number of rotatable bonds is 3. The number of hydrogen-bond acceptors (Lipinski definition) is 3. The minimum atomic E-state index is -0.0131. The minimum absolute atomic E-state index is 0.0131. The summed E-state index contributed by atoms with van der Waals surface area (Å²) >= 11 is 0. The third kappa shape index (κ3) is 3.68. The second kappa shape index (κ2) is 6.36. The van der Waals surface area contributed by atoms with Crippen molar-refractivity contribution in [2.75, 3.05) is 26.3 Å². The molecule has 4 heteroatoms. The number of nitrogens with one attached hydrogen (secondary N) is 1. The molecule has 1 saturated carbocycles. The van der Waals surface area contributed by atoms with Crippen LogP contribution in [0.2, 0.25) is 0 Å². The van der Waals surface area contributed by atoms with Gasteiger partial charge in [0.15, 0.2) is 0 Å². The van der Waals surface area contributed by atoms with Crippen molar-refractivity contribution >= 4 is 5.91 Å². The van der Waals surface area contributed by atoms with Crippen molar-refractivity contribution < 1.29 is 9.53 Å². The first kappa shape index (κ1) is 12.8. The van der Waals surface area contributed by atoms with E-state index in [-0.39, 0.29) is 11.9 Å². The van der Waals surface area contributed by atoms with Crippen molar-refractivity contribution in [2.45, 2.75) is 51.1 Å². The molecule has 4 nitrogen and oxygen atoms in total. The summed E-state index contributed by atoms with van der Waals surface area (Å²) in [6, 6.07) is 0.403. The summed E-state index contributed by atoms with van der Waals surface area (Å²) in [4.78, 5) is 14.3. The van der Waals surface area contributed by atoms with E-state index in [2.05, 4.69) is 10.2 Å². The van der Waals surface area contributed by atoms with Crippen LogP contribution in [0.3, 0.4) is 0 Å². The molecule has 2 rings (SSSR count). The average Bonchev–Trinajstić information content (AvgIpc) is 2.40. The van der Waals surface area contributed by atoms with E-state index in [9.17, 15) is 4.79 Å². The van der Waals surface area contributed by atoms with E-state index in [1.54, 1.807) is 0 Å². The Morgan fingerprint density at radius 3 is 2.53 bits per heavy atom. The Morgan fingerprint density at radius 2 is 1.88 bits per heavy atom. The van der Waals surface area contributed by atoms with Gasteiger partial charge in [-0.05, 0) is 19.8 Å². The molecule has 1 amide bonds. The van der Waals surface area contributed by atoms with Crippen molar-refractivity contribution in [3.05, 3.63) is 0 Å². The van der Waals surface area contributed by atoms with E-state index in [0.717, 1.165) is 39.1 Å². The molecule has 17 heavy (non-hydrogen) atoms. The molecule has 1 saturated heterocycles. The number of amides is 1. The van der Waals surface area contributed by atoms with Crippen LogP contribution >= 0.6 is 0 Å². The molecule has 2 fully saturated rings.